The van der Waals surface area contributed by atoms with Gasteiger partial charge in [0.25, 0.3) is 11.7 Å². The molecule has 4 aromatic rings. The average Bonchev–Trinajstić information content (AvgIpc) is 3.18. The standard InChI is InChI=1S/C28H21ClN2O5/c1-35-22-15-20(29)23(36-2)14-19(22)26(32)24-25(17-10-12-30-13-11-17)31(28(34)27(24)33)21-9-5-7-16-6-3-4-8-18(16)21/h3-15,25,32H,1-2H3/b26-24+. The Morgan fingerprint density at radius 2 is 1.64 bits per heavy atom. The monoisotopic (exact) mass is 500 g/mol. The van der Waals surface area contributed by atoms with Crippen molar-refractivity contribution in [2.75, 3.05) is 19.1 Å². The summed E-state index contributed by atoms with van der Waals surface area (Å²) >= 11 is 6.24. The fourth-order valence-corrected chi connectivity index (χ4v) is 4.78. The number of hydrogen-bond donors (Lipinski definition) is 1. The van der Waals surface area contributed by atoms with Gasteiger partial charge in [0.1, 0.15) is 17.3 Å². The van der Waals surface area contributed by atoms with Gasteiger partial charge in [0, 0.05) is 23.8 Å². The maximum Gasteiger partial charge on any atom is 0.300 e. The van der Waals surface area contributed by atoms with Crippen LogP contribution < -0.4 is 14.4 Å². The van der Waals surface area contributed by atoms with E-state index in [-0.39, 0.29) is 27.7 Å². The number of ketones is 1. The number of fused-ring (bicyclic) bond motifs is 1. The Hall–Kier alpha value is -4.36. The molecular formula is C28H21ClN2O5. The normalized spacial score (nSPS) is 17.0. The lowest BCUT2D eigenvalue weighted by Crippen LogP contribution is -2.29. The van der Waals surface area contributed by atoms with E-state index in [9.17, 15) is 14.7 Å². The highest BCUT2D eigenvalue weighted by atomic mass is 35.5. The first kappa shape index (κ1) is 23.4. The van der Waals surface area contributed by atoms with Gasteiger partial charge < -0.3 is 14.6 Å². The van der Waals surface area contributed by atoms with Crippen LogP contribution in [0.25, 0.3) is 16.5 Å². The molecule has 3 aromatic carbocycles. The molecule has 8 heteroatoms. The smallest absolute Gasteiger partial charge is 0.300 e. The first-order chi connectivity index (χ1) is 17.5. The molecule has 5 rings (SSSR count). The Kier molecular flexibility index (Phi) is 6.08. The van der Waals surface area contributed by atoms with Gasteiger partial charge in [-0.05, 0) is 35.2 Å². The van der Waals surface area contributed by atoms with Gasteiger partial charge in [0.15, 0.2) is 0 Å². The number of amides is 1. The lowest BCUT2D eigenvalue weighted by molar-refractivity contribution is -0.132. The highest BCUT2D eigenvalue weighted by Crippen LogP contribution is 2.46. The lowest BCUT2D eigenvalue weighted by Gasteiger charge is -2.26. The molecule has 1 aliphatic heterocycles. The molecule has 1 saturated heterocycles. The van der Waals surface area contributed by atoms with E-state index in [4.69, 9.17) is 21.1 Å². The number of nitrogens with zero attached hydrogens (tertiary/aromatic N) is 2. The highest BCUT2D eigenvalue weighted by Gasteiger charge is 2.47. The summed E-state index contributed by atoms with van der Waals surface area (Å²) in [6.07, 6.45) is 3.15. The lowest BCUT2D eigenvalue weighted by atomic mass is 9.95. The number of aliphatic hydroxyl groups excluding tert-OH is 1. The van der Waals surface area contributed by atoms with Gasteiger partial charge in [-0.2, -0.15) is 0 Å². The summed E-state index contributed by atoms with van der Waals surface area (Å²) < 4.78 is 10.7. The van der Waals surface area contributed by atoms with E-state index < -0.39 is 23.5 Å². The topological polar surface area (TPSA) is 89.0 Å². The number of halogens is 1. The fraction of sp³-hybridized carbons (Fsp3) is 0.107. The number of pyridine rings is 1. The van der Waals surface area contributed by atoms with Crippen molar-refractivity contribution in [3.63, 3.8) is 0 Å². The first-order valence-electron chi connectivity index (χ1n) is 11.1. The van der Waals surface area contributed by atoms with Gasteiger partial charge in [-0.3, -0.25) is 19.5 Å². The van der Waals surface area contributed by atoms with E-state index in [1.807, 2.05) is 36.4 Å². The molecule has 2 heterocycles. The number of ether oxygens (including phenoxy) is 2. The summed E-state index contributed by atoms with van der Waals surface area (Å²) in [5.41, 5.74) is 1.26. The highest BCUT2D eigenvalue weighted by molar-refractivity contribution is 6.52. The minimum atomic E-state index is -0.912. The molecule has 1 N–H and O–H groups in total. The number of anilines is 1. The molecule has 0 spiro atoms. The number of aliphatic hydroxyl groups is 1. The third-order valence-corrected chi connectivity index (χ3v) is 6.52. The number of methoxy groups -OCH3 is 2. The van der Waals surface area contributed by atoms with Crippen molar-refractivity contribution in [3.8, 4) is 11.5 Å². The maximum atomic E-state index is 13.5. The Bertz CT molecular complexity index is 1530. The van der Waals surface area contributed by atoms with Crippen molar-refractivity contribution < 1.29 is 24.2 Å². The second-order valence-electron chi connectivity index (χ2n) is 8.13. The van der Waals surface area contributed by atoms with Crippen molar-refractivity contribution in [2.24, 2.45) is 0 Å². The van der Waals surface area contributed by atoms with Crippen LogP contribution in [0.1, 0.15) is 17.2 Å². The van der Waals surface area contributed by atoms with Gasteiger partial charge >= 0.3 is 0 Å². The van der Waals surface area contributed by atoms with Crippen molar-refractivity contribution in [2.45, 2.75) is 6.04 Å². The van der Waals surface area contributed by atoms with E-state index in [1.165, 1.54) is 31.3 Å². The van der Waals surface area contributed by atoms with Gasteiger partial charge in [0.05, 0.1) is 42.1 Å². The Morgan fingerprint density at radius 1 is 0.944 bits per heavy atom. The number of rotatable bonds is 5. The Morgan fingerprint density at radius 3 is 2.36 bits per heavy atom. The molecule has 1 atom stereocenters. The SMILES string of the molecule is COc1cc(/C(O)=C2\C(=O)C(=O)N(c3cccc4ccccc34)C2c2ccncc2)c(OC)cc1Cl. The number of Topliss-reactive ketones (excluding diaryl/α,β-unsaturated/α-hetero) is 1. The van der Waals surface area contributed by atoms with Crippen molar-refractivity contribution in [3.05, 3.63) is 101 Å². The van der Waals surface area contributed by atoms with Crippen LogP contribution in [0.3, 0.4) is 0 Å². The number of carbonyl (C=O) groups excluding carboxylic acids is 2. The predicted octanol–water partition coefficient (Wildman–Crippen LogP) is 5.53. The molecule has 36 heavy (non-hydrogen) atoms. The largest absolute Gasteiger partial charge is 0.507 e. The van der Waals surface area contributed by atoms with Crippen LogP contribution in [0.2, 0.25) is 5.02 Å². The second-order valence-corrected chi connectivity index (χ2v) is 8.54. The average molecular weight is 501 g/mol. The van der Waals surface area contributed by atoms with E-state index in [0.717, 1.165) is 10.8 Å². The van der Waals surface area contributed by atoms with Gasteiger partial charge in [-0.25, -0.2) is 0 Å². The number of benzene rings is 3. The molecule has 0 aliphatic carbocycles. The summed E-state index contributed by atoms with van der Waals surface area (Å²) in [6, 6.07) is 18.6. The van der Waals surface area contributed by atoms with Gasteiger partial charge in [-0.15, -0.1) is 0 Å². The van der Waals surface area contributed by atoms with Crippen LogP contribution in [0.4, 0.5) is 5.69 Å². The first-order valence-corrected chi connectivity index (χ1v) is 11.4. The van der Waals surface area contributed by atoms with Crippen LogP contribution >= 0.6 is 11.6 Å². The third kappa shape index (κ3) is 3.74. The van der Waals surface area contributed by atoms with Crippen LogP contribution in [0, 0.1) is 0 Å². The van der Waals surface area contributed by atoms with Crippen molar-refractivity contribution in [1.29, 1.82) is 0 Å². The zero-order valence-electron chi connectivity index (χ0n) is 19.4. The van der Waals surface area contributed by atoms with E-state index in [2.05, 4.69) is 4.98 Å². The minimum Gasteiger partial charge on any atom is -0.507 e. The molecule has 1 fully saturated rings. The van der Waals surface area contributed by atoms with Gasteiger partial charge in [-0.1, -0.05) is 48.0 Å². The maximum absolute atomic E-state index is 13.5. The van der Waals surface area contributed by atoms with Crippen LogP contribution in [0.15, 0.2) is 84.7 Å². The molecular weight excluding hydrogens is 480 g/mol. The van der Waals surface area contributed by atoms with Crippen LogP contribution in [-0.2, 0) is 9.59 Å². The summed E-state index contributed by atoms with van der Waals surface area (Å²) in [5.74, 6) is -1.47. The van der Waals surface area contributed by atoms with E-state index in [1.54, 1.807) is 30.6 Å². The van der Waals surface area contributed by atoms with Crippen molar-refractivity contribution >= 4 is 45.5 Å². The molecule has 1 aliphatic rings. The van der Waals surface area contributed by atoms with Gasteiger partial charge in [0.2, 0.25) is 0 Å². The zero-order chi connectivity index (χ0) is 25.4. The molecule has 0 bridgehead atoms. The van der Waals surface area contributed by atoms with Crippen LogP contribution in [0.5, 0.6) is 11.5 Å². The number of hydrogen-bond acceptors (Lipinski definition) is 6. The molecule has 0 saturated carbocycles. The fourth-order valence-electron chi connectivity index (χ4n) is 4.55. The molecule has 180 valence electrons. The number of carbonyl (C=O) groups is 2. The third-order valence-electron chi connectivity index (χ3n) is 6.22. The van der Waals surface area contributed by atoms with Crippen LogP contribution in [-0.4, -0.2) is 36.0 Å². The summed E-state index contributed by atoms with van der Waals surface area (Å²) in [6.45, 7) is 0. The summed E-state index contributed by atoms with van der Waals surface area (Å²) in [7, 11) is 2.86. The quantitative estimate of drug-likeness (QED) is 0.220. The molecule has 0 radical (unpaired) electrons. The second kappa shape index (κ2) is 9.36. The molecule has 7 nitrogen and oxygen atoms in total. The van der Waals surface area contributed by atoms with E-state index >= 15 is 0 Å². The number of aromatic nitrogens is 1. The van der Waals surface area contributed by atoms with E-state index in [0.29, 0.717) is 11.3 Å². The predicted molar refractivity (Wildman–Crippen MR) is 138 cm³/mol. The Labute approximate surface area is 212 Å². The molecule has 1 aromatic heterocycles. The molecule has 1 unspecified atom stereocenters. The zero-order valence-corrected chi connectivity index (χ0v) is 20.2. The minimum absolute atomic E-state index is 0.0817. The molecule has 1 amide bonds. The summed E-state index contributed by atoms with van der Waals surface area (Å²) in [4.78, 5) is 32.6. The summed E-state index contributed by atoms with van der Waals surface area (Å²) in [5, 5.41) is 13.5. The van der Waals surface area contributed by atoms with Crippen molar-refractivity contribution in [1.82, 2.24) is 4.98 Å². The Balaban J connectivity index is 1.80.